The van der Waals surface area contributed by atoms with Crippen LogP contribution in [0.2, 0.25) is 0 Å². The summed E-state index contributed by atoms with van der Waals surface area (Å²) in [6, 6.07) is 10.4. The van der Waals surface area contributed by atoms with Gasteiger partial charge in [-0.1, -0.05) is 46.3 Å². The van der Waals surface area contributed by atoms with Crippen LogP contribution >= 0.6 is 15.9 Å². The molecule has 0 amide bonds. The maximum atomic E-state index is 4.46. The topological polar surface area (TPSA) is 28.7 Å². The first-order valence-corrected chi connectivity index (χ1v) is 6.71. The predicted octanol–water partition coefficient (Wildman–Crippen LogP) is 3.85. The SMILES string of the molecule is BrCc1c(-c2ccccc2)n[nH]c1C1CC1. The van der Waals surface area contributed by atoms with Gasteiger partial charge in [0.05, 0.1) is 5.69 Å². The maximum absolute atomic E-state index is 4.46. The first kappa shape index (κ1) is 10.1. The van der Waals surface area contributed by atoms with Gasteiger partial charge in [-0.25, -0.2) is 0 Å². The number of hydrogen-bond donors (Lipinski definition) is 1. The fourth-order valence-electron chi connectivity index (χ4n) is 2.06. The third-order valence-corrected chi connectivity index (χ3v) is 3.63. The van der Waals surface area contributed by atoms with Gasteiger partial charge in [0.25, 0.3) is 0 Å². The van der Waals surface area contributed by atoms with Gasteiger partial charge in [0.2, 0.25) is 0 Å². The molecule has 0 spiro atoms. The van der Waals surface area contributed by atoms with Crippen molar-refractivity contribution in [3.8, 4) is 11.3 Å². The van der Waals surface area contributed by atoms with Gasteiger partial charge in [-0.3, -0.25) is 5.10 Å². The Hall–Kier alpha value is -1.09. The second-order valence-corrected chi connectivity index (χ2v) is 4.80. The van der Waals surface area contributed by atoms with Crippen molar-refractivity contribution < 1.29 is 0 Å². The summed E-state index contributed by atoms with van der Waals surface area (Å²) in [5.74, 6) is 0.720. The van der Waals surface area contributed by atoms with E-state index in [4.69, 9.17) is 0 Å². The van der Waals surface area contributed by atoms with E-state index in [0.29, 0.717) is 0 Å². The van der Waals surface area contributed by atoms with Gasteiger partial charge in [0, 0.05) is 28.1 Å². The second kappa shape index (κ2) is 4.06. The van der Waals surface area contributed by atoms with Crippen molar-refractivity contribution in [2.75, 3.05) is 0 Å². The summed E-state index contributed by atoms with van der Waals surface area (Å²) < 4.78 is 0. The number of benzene rings is 1. The van der Waals surface area contributed by atoms with Crippen molar-refractivity contribution in [3.05, 3.63) is 41.6 Å². The lowest BCUT2D eigenvalue weighted by atomic mass is 10.1. The Bertz CT molecular complexity index is 486. The second-order valence-electron chi connectivity index (χ2n) is 4.24. The molecule has 0 aliphatic heterocycles. The van der Waals surface area contributed by atoms with Gasteiger partial charge >= 0.3 is 0 Å². The van der Waals surface area contributed by atoms with Gasteiger partial charge in [-0.05, 0) is 12.8 Å². The zero-order chi connectivity index (χ0) is 11.0. The average Bonchev–Trinajstić information content (AvgIpc) is 3.09. The summed E-state index contributed by atoms with van der Waals surface area (Å²) in [7, 11) is 0. The number of H-pyrrole nitrogens is 1. The minimum atomic E-state index is 0.720. The Morgan fingerprint density at radius 3 is 2.62 bits per heavy atom. The first-order valence-electron chi connectivity index (χ1n) is 5.58. The first-order chi connectivity index (χ1) is 7.90. The van der Waals surface area contributed by atoms with Crippen molar-refractivity contribution in [2.45, 2.75) is 24.1 Å². The van der Waals surface area contributed by atoms with E-state index in [1.54, 1.807) is 0 Å². The molecule has 1 aromatic carbocycles. The van der Waals surface area contributed by atoms with E-state index in [2.05, 4.69) is 50.4 Å². The smallest absolute Gasteiger partial charge is 0.0964 e. The highest BCUT2D eigenvalue weighted by Gasteiger charge is 2.29. The van der Waals surface area contributed by atoms with Crippen LogP contribution in [0.4, 0.5) is 0 Å². The van der Waals surface area contributed by atoms with Crippen molar-refractivity contribution in [1.29, 1.82) is 0 Å². The van der Waals surface area contributed by atoms with Crippen molar-refractivity contribution in [2.24, 2.45) is 0 Å². The number of rotatable bonds is 3. The molecule has 3 heteroatoms. The van der Waals surface area contributed by atoms with Crippen LogP contribution in [0.3, 0.4) is 0 Å². The van der Waals surface area contributed by atoms with Gasteiger partial charge in [-0.15, -0.1) is 0 Å². The molecule has 16 heavy (non-hydrogen) atoms. The Morgan fingerprint density at radius 2 is 2.00 bits per heavy atom. The van der Waals surface area contributed by atoms with E-state index in [1.165, 1.54) is 29.7 Å². The standard InChI is InChI=1S/C13H13BrN2/c14-8-11-12(9-4-2-1-3-5-9)15-16-13(11)10-6-7-10/h1-5,10H,6-8H2,(H,15,16). The monoisotopic (exact) mass is 276 g/mol. The lowest BCUT2D eigenvalue weighted by Crippen LogP contribution is -1.87. The van der Waals surface area contributed by atoms with E-state index in [1.807, 2.05) is 6.07 Å². The third kappa shape index (κ3) is 1.69. The minimum Gasteiger partial charge on any atom is -0.281 e. The van der Waals surface area contributed by atoms with Crippen LogP contribution in [-0.2, 0) is 5.33 Å². The lowest BCUT2D eigenvalue weighted by Gasteiger charge is -2.01. The molecule has 1 aromatic heterocycles. The molecule has 1 fully saturated rings. The number of aromatic amines is 1. The van der Waals surface area contributed by atoms with Crippen LogP contribution < -0.4 is 0 Å². The Labute approximate surface area is 103 Å². The van der Waals surface area contributed by atoms with Crippen LogP contribution in [-0.4, -0.2) is 10.2 Å². The molecule has 82 valence electrons. The molecule has 2 aromatic rings. The minimum absolute atomic E-state index is 0.720. The number of hydrogen-bond acceptors (Lipinski definition) is 1. The fourth-order valence-corrected chi connectivity index (χ4v) is 2.63. The number of halogens is 1. The third-order valence-electron chi connectivity index (χ3n) is 3.07. The highest BCUT2D eigenvalue weighted by atomic mass is 79.9. The van der Waals surface area contributed by atoms with Crippen molar-refractivity contribution >= 4 is 15.9 Å². The van der Waals surface area contributed by atoms with Gasteiger partial charge in [-0.2, -0.15) is 5.10 Å². The molecule has 0 atom stereocenters. The molecule has 1 aliphatic carbocycles. The van der Waals surface area contributed by atoms with Crippen molar-refractivity contribution in [1.82, 2.24) is 10.2 Å². The largest absolute Gasteiger partial charge is 0.281 e. The van der Waals surface area contributed by atoms with Gasteiger partial charge < -0.3 is 0 Å². The summed E-state index contributed by atoms with van der Waals surface area (Å²) in [4.78, 5) is 0. The molecule has 1 N–H and O–H groups in total. The van der Waals surface area contributed by atoms with Crippen LogP contribution in [0.1, 0.15) is 30.0 Å². The van der Waals surface area contributed by atoms with E-state index >= 15 is 0 Å². The molecule has 0 bridgehead atoms. The molecular weight excluding hydrogens is 264 g/mol. The molecule has 1 heterocycles. The average molecular weight is 277 g/mol. The molecule has 0 unspecified atom stereocenters. The molecule has 1 saturated carbocycles. The number of aromatic nitrogens is 2. The zero-order valence-electron chi connectivity index (χ0n) is 8.91. The van der Waals surface area contributed by atoms with Crippen LogP contribution in [0.15, 0.2) is 30.3 Å². The van der Waals surface area contributed by atoms with Crippen LogP contribution in [0.5, 0.6) is 0 Å². The van der Waals surface area contributed by atoms with E-state index in [0.717, 1.165) is 16.9 Å². The fraction of sp³-hybridized carbons (Fsp3) is 0.308. The normalized spacial score (nSPS) is 15.3. The molecule has 0 radical (unpaired) electrons. The Kier molecular flexibility index (Phi) is 2.56. The summed E-state index contributed by atoms with van der Waals surface area (Å²) in [5, 5.41) is 8.54. The zero-order valence-corrected chi connectivity index (χ0v) is 10.5. The number of nitrogens with one attached hydrogen (secondary N) is 1. The lowest BCUT2D eigenvalue weighted by molar-refractivity contribution is 0.959. The van der Waals surface area contributed by atoms with Gasteiger partial charge in [0.15, 0.2) is 0 Å². The summed E-state index contributed by atoms with van der Waals surface area (Å²) in [6.45, 7) is 0. The van der Waals surface area contributed by atoms with Gasteiger partial charge in [0.1, 0.15) is 0 Å². The summed E-state index contributed by atoms with van der Waals surface area (Å²) in [5.41, 5.74) is 4.95. The quantitative estimate of drug-likeness (QED) is 0.848. The molecule has 3 rings (SSSR count). The van der Waals surface area contributed by atoms with E-state index < -0.39 is 0 Å². The molecule has 0 saturated heterocycles. The Balaban J connectivity index is 2.07. The summed E-state index contributed by atoms with van der Waals surface area (Å²) >= 11 is 3.57. The highest BCUT2D eigenvalue weighted by molar-refractivity contribution is 9.08. The predicted molar refractivity (Wildman–Crippen MR) is 68.6 cm³/mol. The molecular formula is C13H13BrN2. The maximum Gasteiger partial charge on any atom is 0.0964 e. The number of nitrogens with zero attached hydrogens (tertiary/aromatic N) is 1. The Morgan fingerprint density at radius 1 is 1.25 bits per heavy atom. The molecule has 2 nitrogen and oxygen atoms in total. The highest BCUT2D eigenvalue weighted by Crippen LogP contribution is 2.43. The number of alkyl halides is 1. The van der Waals surface area contributed by atoms with Crippen molar-refractivity contribution in [3.63, 3.8) is 0 Å². The van der Waals surface area contributed by atoms with Crippen LogP contribution in [0.25, 0.3) is 11.3 Å². The summed E-state index contributed by atoms with van der Waals surface area (Å²) in [6.07, 6.45) is 2.60. The van der Waals surface area contributed by atoms with E-state index in [-0.39, 0.29) is 0 Å². The molecule has 1 aliphatic rings. The van der Waals surface area contributed by atoms with Crippen LogP contribution in [0, 0.1) is 0 Å². The van der Waals surface area contributed by atoms with E-state index in [9.17, 15) is 0 Å².